The smallest absolute Gasteiger partial charge is 0.0693 e. The molecule has 0 aliphatic carbocycles. The molecule has 0 aromatic heterocycles. The molecule has 0 radical (unpaired) electrons. The lowest BCUT2D eigenvalue weighted by atomic mass is 9.86. The van der Waals surface area contributed by atoms with E-state index < -0.39 is 0 Å². The van der Waals surface area contributed by atoms with Crippen LogP contribution < -0.4 is 5.32 Å². The summed E-state index contributed by atoms with van der Waals surface area (Å²) in [6.07, 6.45) is 4.33. The van der Waals surface area contributed by atoms with E-state index in [0.29, 0.717) is 5.92 Å². The van der Waals surface area contributed by atoms with Gasteiger partial charge in [-0.1, -0.05) is 30.3 Å². The SMILES string of the molecule is C1=NC(c2ccccc2)=C(C2CNC2)CC1. The highest BCUT2D eigenvalue weighted by atomic mass is 15.0. The summed E-state index contributed by atoms with van der Waals surface area (Å²) in [7, 11) is 0. The van der Waals surface area contributed by atoms with Gasteiger partial charge in [0.25, 0.3) is 0 Å². The average Bonchev–Trinajstić information content (AvgIpc) is 2.29. The van der Waals surface area contributed by atoms with Crippen LogP contribution in [0.15, 0.2) is 40.9 Å². The molecule has 3 rings (SSSR count). The monoisotopic (exact) mass is 212 g/mol. The second-order valence-corrected chi connectivity index (χ2v) is 4.45. The van der Waals surface area contributed by atoms with Gasteiger partial charge in [-0.2, -0.15) is 0 Å². The number of nitrogens with zero attached hydrogens (tertiary/aromatic N) is 1. The summed E-state index contributed by atoms with van der Waals surface area (Å²) >= 11 is 0. The largest absolute Gasteiger partial charge is 0.315 e. The van der Waals surface area contributed by atoms with E-state index in [9.17, 15) is 0 Å². The molecule has 0 amide bonds. The van der Waals surface area contributed by atoms with Crippen LogP contribution in [-0.2, 0) is 0 Å². The van der Waals surface area contributed by atoms with Gasteiger partial charge in [-0.3, -0.25) is 4.99 Å². The molecular weight excluding hydrogens is 196 g/mol. The Labute approximate surface area is 96.1 Å². The van der Waals surface area contributed by atoms with Gasteiger partial charge in [0.15, 0.2) is 0 Å². The van der Waals surface area contributed by atoms with E-state index in [0.717, 1.165) is 19.5 Å². The average molecular weight is 212 g/mol. The van der Waals surface area contributed by atoms with Crippen LogP contribution in [0.3, 0.4) is 0 Å². The molecule has 2 aliphatic rings. The molecule has 0 saturated carbocycles. The van der Waals surface area contributed by atoms with Gasteiger partial charge in [-0.25, -0.2) is 0 Å². The summed E-state index contributed by atoms with van der Waals surface area (Å²) in [6.45, 7) is 2.25. The predicted octanol–water partition coefficient (Wildman–Crippen LogP) is 2.48. The summed E-state index contributed by atoms with van der Waals surface area (Å²) in [5.41, 5.74) is 4.03. The van der Waals surface area contributed by atoms with Gasteiger partial charge in [-0.05, 0) is 18.4 Å². The number of benzene rings is 1. The first-order valence-corrected chi connectivity index (χ1v) is 5.97. The van der Waals surface area contributed by atoms with Crippen molar-refractivity contribution in [3.63, 3.8) is 0 Å². The van der Waals surface area contributed by atoms with E-state index in [4.69, 9.17) is 0 Å². The second-order valence-electron chi connectivity index (χ2n) is 4.45. The van der Waals surface area contributed by atoms with Crippen LogP contribution in [-0.4, -0.2) is 19.3 Å². The molecule has 1 fully saturated rings. The standard InChI is InChI=1S/C14H16N2/c1-2-5-11(6-3-1)14-13(7-4-8-16-14)12-9-15-10-12/h1-3,5-6,8,12,15H,4,7,9-10H2. The maximum atomic E-state index is 4.61. The molecule has 0 unspecified atom stereocenters. The minimum atomic E-state index is 0.715. The Balaban J connectivity index is 2.00. The van der Waals surface area contributed by atoms with Crippen LogP contribution in [0.25, 0.3) is 5.70 Å². The Kier molecular flexibility index (Phi) is 2.58. The van der Waals surface area contributed by atoms with Gasteiger partial charge >= 0.3 is 0 Å². The number of hydrogen-bond donors (Lipinski definition) is 1. The lowest BCUT2D eigenvalue weighted by molar-refractivity contribution is 0.391. The summed E-state index contributed by atoms with van der Waals surface area (Å²) < 4.78 is 0. The first-order valence-electron chi connectivity index (χ1n) is 5.97. The molecule has 2 aliphatic heterocycles. The first-order chi connectivity index (χ1) is 7.95. The van der Waals surface area contributed by atoms with Crippen LogP contribution in [0, 0.1) is 5.92 Å². The lowest BCUT2D eigenvalue weighted by Gasteiger charge is -2.32. The van der Waals surface area contributed by atoms with Gasteiger partial charge in [0.2, 0.25) is 0 Å². The van der Waals surface area contributed by atoms with Gasteiger partial charge in [0.1, 0.15) is 0 Å². The molecule has 2 heterocycles. The normalized spacial score (nSPS) is 21.0. The van der Waals surface area contributed by atoms with Crippen molar-refractivity contribution < 1.29 is 0 Å². The zero-order valence-electron chi connectivity index (χ0n) is 9.32. The van der Waals surface area contributed by atoms with Crippen molar-refractivity contribution in [1.29, 1.82) is 0 Å². The van der Waals surface area contributed by atoms with Crippen molar-refractivity contribution in [1.82, 2.24) is 5.32 Å². The number of hydrogen-bond acceptors (Lipinski definition) is 2. The zero-order chi connectivity index (χ0) is 10.8. The molecule has 2 nitrogen and oxygen atoms in total. The van der Waals surface area contributed by atoms with Crippen molar-refractivity contribution in [3.8, 4) is 0 Å². The Morgan fingerprint density at radius 3 is 2.62 bits per heavy atom. The fourth-order valence-corrected chi connectivity index (χ4v) is 2.37. The van der Waals surface area contributed by atoms with Crippen molar-refractivity contribution in [2.45, 2.75) is 12.8 Å². The quantitative estimate of drug-likeness (QED) is 0.800. The molecule has 2 heteroatoms. The Morgan fingerprint density at radius 2 is 1.94 bits per heavy atom. The molecule has 16 heavy (non-hydrogen) atoms. The molecule has 82 valence electrons. The van der Waals surface area contributed by atoms with E-state index in [2.05, 4.69) is 46.9 Å². The molecule has 0 spiro atoms. The van der Waals surface area contributed by atoms with Crippen molar-refractivity contribution in [3.05, 3.63) is 41.5 Å². The van der Waals surface area contributed by atoms with E-state index in [1.807, 2.05) is 0 Å². The van der Waals surface area contributed by atoms with E-state index in [-0.39, 0.29) is 0 Å². The summed E-state index contributed by atoms with van der Waals surface area (Å²) in [6, 6.07) is 10.5. The lowest BCUT2D eigenvalue weighted by Crippen LogP contribution is -2.43. The highest BCUT2D eigenvalue weighted by Crippen LogP contribution is 2.32. The maximum Gasteiger partial charge on any atom is 0.0693 e. The molecular formula is C14H16N2. The van der Waals surface area contributed by atoms with Crippen LogP contribution in [0.2, 0.25) is 0 Å². The Hall–Kier alpha value is -1.41. The fourth-order valence-electron chi connectivity index (χ4n) is 2.37. The van der Waals surface area contributed by atoms with Crippen LogP contribution in [0.1, 0.15) is 18.4 Å². The van der Waals surface area contributed by atoms with E-state index in [1.54, 1.807) is 5.57 Å². The minimum Gasteiger partial charge on any atom is -0.315 e. The highest BCUT2D eigenvalue weighted by Gasteiger charge is 2.25. The van der Waals surface area contributed by atoms with Crippen LogP contribution in [0.4, 0.5) is 0 Å². The summed E-state index contributed by atoms with van der Waals surface area (Å²) in [5.74, 6) is 0.715. The van der Waals surface area contributed by atoms with Crippen LogP contribution >= 0.6 is 0 Å². The summed E-state index contributed by atoms with van der Waals surface area (Å²) in [4.78, 5) is 4.61. The third-order valence-corrected chi connectivity index (χ3v) is 3.39. The van der Waals surface area contributed by atoms with Crippen LogP contribution in [0.5, 0.6) is 0 Å². The topological polar surface area (TPSA) is 24.4 Å². The molecule has 1 saturated heterocycles. The van der Waals surface area contributed by atoms with Gasteiger partial charge in [0.05, 0.1) is 5.70 Å². The maximum absolute atomic E-state index is 4.61. The van der Waals surface area contributed by atoms with Gasteiger partial charge in [-0.15, -0.1) is 0 Å². The first kappa shape index (κ1) is 9.79. The molecule has 1 aromatic carbocycles. The van der Waals surface area contributed by atoms with E-state index in [1.165, 1.54) is 17.7 Å². The Morgan fingerprint density at radius 1 is 1.12 bits per heavy atom. The molecule has 0 bridgehead atoms. The molecule has 1 N–H and O–H groups in total. The Bertz CT molecular complexity index is 427. The molecule has 1 aromatic rings. The highest BCUT2D eigenvalue weighted by molar-refractivity contribution is 5.79. The zero-order valence-corrected chi connectivity index (χ0v) is 9.32. The van der Waals surface area contributed by atoms with Crippen molar-refractivity contribution in [2.24, 2.45) is 10.9 Å². The molecule has 0 atom stereocenters. The second kappa shape index (κ2) is 4.22. The van der Waals surface area contributed by atoms with Gasteiger partial charge < -0.3 is 5.32 Å². The third kappa shape index (κ3) is 1.69. The van der Waals surface area contributed by atoms with Crippen molar-refractivity contribution in [2.75, 3.05) is 13.1 Å². The fraction of sp³-hybridized carbons (Fsp3) is 0.357. The summed E-state index contributed by atoms with van der Waals surface area (Å²) in [5, 5.41) is 3.34. The number of rotatable bonds is 2. The minimum absolute atomic E-state index is 0.715. The van der Waals surface area contributed by atoms with Crippen molar-refractivity contribution >= 4 is 11.9 Å². The number of nitrogens with one attached hydrogen (secondary N) is 1. The van der Waals surface area contributed by atoms with E-state index >= 15 is 0 Å². The number of aliphatic imine (C=N–C) groups is 1. The predicted molar refractivity (Wildman–Crippen MR) is 67.4 cm³/mol. The third-order valence-electron chi connectivity index (χ3n) is 3.39. The van der Waals surface area contributed by atoms with Gasteiger partial charge in [0, 0.05) is 30.8 Å².